The van der Waals surface area contributed by atoms with Gasteiger partial charge in [0.05, 0.1) is 0 Å². The molecule has 9 heteroatoms. The van der Waals surface area contributed by atoms with Crippen LogP contribution in [0, 0.1) is 5.92 Å². The molecule has 1 rings (SSSR count). The van der Waals surface area contributed by atoms with Gasteiger partial charge in [0.2, 0.25) is 5.69 Å². The van der Waals surface area contributed by atoms with Gasteiger partial charge in [0, 0.05) is 13.2 Å². The minimum absolute atomic E-state index is 0.157. The Morgan fingerprint density at radius 1 is 1.50 bits per heavy atom. The number of aliphatic hydroxyl groups is 1. The molecular formula is C9H12F3N3O3. The molecule has 1 heterocycles. The van der Waals surface area contributed by atoms with Crippen molar-refractivity contribution in [1.82, 2.24) is 15.0 Å². The number of carbonyl (C=O) groups is 1. The van der Waals surface area contributed by atoms with Gasteiger partial charge >= 0.3 is 12.1 Å². The average molecular weight is 267 g/mol. The van der Waals surface area contributed by atoms with Gasteiger partial charge in [-0.3, -0.25) is 0 Å². The number of carboxylic acid groups (broad SMARTS) is 1. The molecule has 0 radical (unpaired) electrons. The fourth-order valence-electron chi connectivity index (χ4n) is 1.47. The van der Waals surface area contributed by atoms with Crippen LogP contribution in [0.15, 0.2) is 0 Å². The lowest BCUT2D eigenvalue weighted by molar-refractivity contribution is -0.145. The van der Waals surface area contributed by atoms with Crippen molar-refractivity contribution in [3.8, 4) is 0 Å². The molecule has 6 nitrogen and oxygen atoms in total. The summed E-state index contributed by atoms with van der Waals surface area (Å²) >= 11 is 0. The number of aromatic nitrogens is 3. The van der Waals surface area contributed by atoms with E-state index in [2.05, 4.69) is 10.3 Å². The molecule has 1 aromatic rings. The summed E-state index contributed by atoms with van der Waals surface area (Å²) in [5.41, 5.74) is -2.49. The summed E-state index contributed by atoms with van der Waals surface area (Å²) in [7, 11) is 0. The topological polar surface area (TPSA) is 88.2 Å². The first-order valence-electron chi connectivity index (χ1n) is 5.12. The first-order chi connectivity index (χ1) is 8.27. The van der Waals surface area contributed by atoms with E-state index in [0.29, 0.717) is 11.1 Å². The van der Waals surface area contributed by atoms with Crippen LogP contribution >= 0.6 is 0 Å². The molecule has 1 aromatic heterocycles. The maximum atomic E-state index is 12.7. The molecule has 0 aliphatic carbocycles. The number of rotatable bonds is 5. The van der Waals surface area contributed by atoms with Crippen molar-refractivity contribution < 1.29 is 28.2 Å². The normalized spacial score (nSPS) is 13.6. The SMILES string of the molecule is CC(CCO)Cn1nnc(C(=O)O)c1C(F)(F)F. The monoisotopic (exact) mass is 267 g/mol. The first-order valence-corrected chi connectivity index (χ1v) is 5.12. The molecule has 0 amide bonds. The number of aromatic carboxylic acids is 1. The highest BCUT2D eigenvalue weighted by atomic mass is 19.4. The van der Waals surface area contributed by atoms with Gasteiger partial charge in [-0.05, 0) is 12.3 Å². The van der Waals surface area contributed by atoms with Crippen molar-refractivity contribution in [3.63, 3.8) is 0 Å². The largest absolute Gasteiger partial charge is 0.476 e. The lowest BCUT2D eigenvalue weighted by Crippen LogP contribution is -2.21. The summed E-state index contributed by atoms with van der Waals surface area (Å²) in [6, 6.07) is 0. The minimum Gasteiger partial charge on any atom is -0.476 e. The zero-order valence-electron chi connectivity index (χ0n) is 9.48. The molecule has 1 atom stereocenters. The van der Waals surface area contributed by atoms with E-state index in [0.717, 1.165) is 0 Å². The van der Waals surface area contributed by atoms with E-state index in [9.17, 15) is 18.0 Å². The second-order valence-electron chi connectivity index (χ2n) is 3.89. The molecule has 2 N–H and O–H groups in total. The Hall–Kier alpha value is -1.64. The molecule has 0 saturated heterocycles. The van der Waals surface area contributed by atoms with Crippen LogP contribution in [-0.4, -0.2) is 37.8 Å². The van der Waals surface area contributed by atoms with Crippen LogP contribution in [0.2, 0.25) is 0 Å². The molecular weight excluding hydrogens is 255 g/mol. The van der Waals surface area contributed by atoms with Crippen LogP contribution in [0.4, 0.5) is 13.2 Å². The van der Waals surface area contributed by atoms with Gasteiger partial charge in [-0.2, -0.15) is 13.2 Å². The second-order valence-corrected chi connectivity index (χ2v) is 3.89. The maximum absolute atomic E-state index is 12.7. The number of aliphatic hydroxyl groups excluding tert-OH is 1. The third-order valence-corrected chi connectivity index (χ3v) is 2.31. The van der Waals surface area contributed by atoms with Crippen molar-refractivity contribution in [2.45, 2.75) is 26.1 Å². The standard InChI is InChI=1S/C9H12F3N3O3/c1-5(2-3-16)4-15-7(9(10,11)12)6(8(17)18)13-14-15/h5,16H,2-4H2,1H3,(H,17,18). The summed E-state index contributed by atoms with van der Waals surface area (Å²) in [4.78, 5) is 10.6. The minimum atomic E-state index is -4.84. The molecule has 102 valence electrons. The van der Waals surface area contributed by atoms with Crippen molar-refractivity contribution in [2.24, 2.45) is 5.92 Å². The van der Waals surface area contributed by atoms with E-state index < -0.39 is 23.5 Å². The van der Waals surface area contributed by atoms with Gasteiger partial charge in [0.1, 0.15) is 0 Å². The van der Waals surface area contributed by atoms with Crippen molar-refractivity contribution in [3.05, 3.63) is 11.4 Å². The van der Waals surface area contributed by atoms with Gasteiger partial charge < -0.3 is 10.2 Å². The Bertz CT molecular complexity index is 430. The molecule has 0 aliphatic heterocycles. The van der Waals surface area contributed by atoms with Crippen LogP contribution in [0.25, 0.3) is 0 Å². The van der Waals surface area contributed by atoms with E-state index in [1.807, 2.05) is 0 Å². The van der Waals surface area contributed by atoms with Crippen molar-refractivity contribution in [2.75, 3.05) is 6.61 Å². The van der Waals surface area contributed by atoms with Crippen molar-refractivity contribution >= 4 is 5.97 Å². The molecule has 0 saturated carbocycles. The Balaban J connectivity index is 3.09. The molecule has 0 bridgehead atoms. The van der Waals surface area contributed by atoms with E-state index in [-0.39, 0.29) is 19.1 Å². The summed E-state index contributed by atoms with van der Waals surface area (Å²) in [5.74, 6) is -2.05. The highest BCUT2D eigenvalue weighted by Crippen LogP contribution is 2.31. The Kier molecular flexibility index (Phi) is 4.28. The molecule has 18 heavy (non-hydrogen) atoms. The summed E-state index contributed by atoms with van der Waals surface area (Å²) < 4.78 is 38.7. The summed E-state index contributed by atoms with van der Waals surface area (Å²) in [6.07, 6.45) is -4.55. The number of halogens is 3. The third kappa shape index (κ3) is 3.19. The van der Waals surface area contributed by atoms with Crippen LogP contribution in [0.3, 0.4) is 0 Å². The fourth-order valence-corrected chi connectivity index (χ4v) is 1.47. The van der Waals surface area contributed by atoms with Gasteiger partial charge in [0.25, 0.3) is 0 Å². The average Bonchev–Trinajstić information content (AvgIpc) is 2.61. The highest BCUT2D eigenvalue weighted by Gasteiger charge is 2.41. The maximum Gasteiger partial charge on any atom is 0.435 e. The number of carboxylic acids is 1. The van der Waals surface area contributed by atoms with Gasteiger partial charge in [0.15, 0.2) is 5.69 Å². The lowest BCUT2D eigenvalue weighted by atomic mass is 10.1. The fraction of sp³-hybridized carbons (Fsp3) is 0.667. The molecule has 0 fully saturated rings. The van der Waals surface area contributed by atoms with Gasteiger partial charge in [-0.1, -0.05) is 12.1 Å². The van der Waals surface area contributed by atoms with Crippen LogP contribution < -0.4 is 0 Å². The number of hydrogen-bond donors (Lipinski definition) is 2. The van der Waals surface area contributed by atoms with Crippen LogP contribution in [-0.2, 0) is 12.7 Å². The van der Waals surface area contributed by atoms with E-state index >= 15 is 0 Å². The highest BCUT2D eigenvalue weighted by molar-refractivity contribution is 5.86. The first kappa shape index (κ1) is 14.4. The quantitative estimate of drug-likeness (QED) is 0.831. The smallest absolute Gasteiger partial charge is 0.435 e. The van der Waals surface area contributed by atoms with Gasteiger partial charge in [-0.25, -0.2) is 9.48 Å². The van der Waals surface area contributed by atoms with Crippen molar-refractivity contribution in [1.29, 1.82) is 0 Å². The zero-order chi connectivity index (χ0) is 13.9. The predicted octanol–water partition coefficient (Wildman–Crippen LogP) is 1.01. The summed E-state index contributed by atoms with van der Waals surface area (Å²) in [5, 5.41) is 23.5. The third-order valence-electron chi connectivity index (χ3n) is 2.31. The molecule has 1 unspecified atom stereocenters. The molecule has 0 spiro atoms. The van der Waals surface area contributed by atoms with E-state index in [1.165, 1.54) is 0 Å². The Morgan fingerprint density at radius 2 is 2.11 bits per heavy atom. The molecule has 0 aromatic carbocycles. The van der Waals surface area contributed by atoms with E-state index in [4.69, 9.17) is 10.2 Å². The molecule has 0 aliphatic rings. The number of hydrogen-bond acceptors (Lipinski definition) is 4. The summed E-state index contributed by atoms with van der Waals surface area (Å²) in [6.45, 7) is 1.30. The van der Waals surface area contributed by atoms with E-state index in [1.54, 1.807) is 6.92 Å². The van der Waals surface area contributed by atoms with Gasteiger partial charge in [-0.15, -0.1) is 5.10 Å². The Morgan fingerprint density at radius 3 is 2.56 bits per heavy atom. The number of alkyl halides is 3. The number of nitrogens with zero attached hydrogens (tertiary/aromatic N) is 3. The zero-order valence-corrected chi connectivity index (χ0v) is 9.48. The second kappa shape index (κ2) is 5.34. The van der Waals surface area contributed by atoms with Crippen LogP contribution in [0.5, 0.6) is 0 Å². The lowest BCUT2D eigenvalue weighted by Gasteiger charge is -2.13. The Labute approximate surface area is 100 Å². The van der Waals surface area contributed by atoms with Crippen LogP contribution in [0.1, 0.15) is 29.5 Å². The predicted molar refractivity (Wildman–Crippen MR) is 52.9 cm³/mol.